The van der Waals surface area contributed by atoms with Crippen molar-refractivity contribution in [2.24, 2.45) is 7.05 Å². The number of aryl methyl sites for hydroxylation is 1. The number of methoxy groups -OCH3 is 2. The number of aromatic amines is 2. The van der Waals surface area contributed by atoms with Gasteiger partial charge in [-0.3, -0.25) is 46.8 Å². The highest BCUT2D eigenvalue weighted by atomic mass is 32.5. The summed E-state index contributed by atoms with van der Waals surface area (Å²) in [4.78, 5) is 97.8. The van der Waals surface area contributed by atoms with Crippen molar-refractivity contribution in [1.82, 2.24) is 53.6 Å². The van der Waals surface area contributed by atoms with Gasteiger partial charge in [0.15, 0.2) is 41.4 Å². The summed E-state index contributed by atoms with van der Waals surface area (Å²) in [5.74, 6) is -0.570. The van der Waals surface area contributed by atoms with E-state index in [1.165, 1.54) is 45.1 Å². The first-order valence-electron chi connectivity index (χ1n) is 22.9. The van der Waals surface area contributed by atoms with Crippen LogP contribution >= 0.6 is 30.2 Å². The van der Waals surface area contributed by atoms with E-state index in [0.29, 0.717) is 0 Å². The third-order valence-electron chi connectivity index (χ3n) is 12.2. The van der Waals surface area contributed by atoms with Crippen LogP contribution in [0, 0.1) is 0 Å². The smallest absolute Gasteiger partial charge is 0.386 e. The lowest BCUT2D eigenvalue weighted by molar-refractivity contribution is -0.745. The molecule has 14 N–H and O–H groups in total. The molecule has 434 valence electrons. The summed E-state index contributed by atoms with van der Waals surface area (Å²) in [6.07, 6.45) is -13.1. The first-order chi connectivity index (χ1) is 37.1. The number of nitrogens with one attached hydrogen (secondary N) is 2. The molecule has 16 atom stereocenters. The topological polar surface area (TPSA) is 523 Å². The Bertz CT molecular complexity index is 3570. The Labute approximate surface area is 446 Å². The summed E-state index contributed by atoms with van der Waals surface area (Å²) in [5.41, 5.74) is 16.2. The summed E-state index contributed by atoms with van der Waals surface area (Å²) in [7, 11) is -13.4. The number of nitrogens with two attached hydrogens (primary N) is 3. The van der Waals surface area contributed by atoms with Gasteiger partial charge in [0.1, 0.15) is 66.8 Å². The molecule has 0 aliphatic carbocycles. The Morgan fingerprint density at radius 3 is 2.00 bits per heavy atom. The van der Waals surface area contributed by atoms with Crippen molar-refractivity contribution in [1.29, 1.82) is 0 Å². The number of aromatic nitrogens is 12. The molecule has 3 aliphatic rings. The largest absolute Gasteiger partial charge is 0.488 e. The number of hydrogen-bond acceptors (Lipinski definition) is 29. The summed E-state index contributed by atoms with van der Waals surface area (Å²) >= 11 is 4.89. The number of nitrogens with zero attached hydrogens (tertiary/aromatic N) is 10. The van der Waals surface area contributed by atoms with Crippen molar-refractivity contribution < 1.29 is 103 Å². The van der Waals surface area contributed by atoms with E-state index in [4.69, 9.17) is 75.5 Å². The second-order valence-corrected chi connectivity index (χ2v) is 25.3. The number of anilines is 3. The molecule has 0 spiro atoms. The van der Waals surface area contributed by atoms with Crippen molar-refractivity contribution in [2.45, 2.75) is 93.6 Å². The number of aliphatic hydroxyl groups excluding tert-OH is 2. The molecule has 3 fully saturated rings. The fourth-order valence-electron chi connectivity index (χ4n) is 9.04. The van der Waals surface area contributed by atoms with Gasteiger partial charge in [-0.1, -0.05) is 4.98 Å². The minimum Gasteiger partial charge on any atom is -0.386 e. The van der Waals surface area contributed by atoms with Crippen LogP contribution in [-0.2, 0) is 87.7 Å². The number of phosphoric ester groups is 2. The summed E-state index contributed by atoms with van der Waals surface area (Å²) < 4.78 is 111. The van der Waals surface area contributed by atoms with Crippen molar-refractivity contribution in [3.8, 4) is 0 Å². The van der Waals surface area contributed by atoms with E-state index in [2.05, 4.69) is 48.5 Å². The Kier molecular flexibility index (Phi) is 16.8. The van der Waals surface area contributed by atoms with Gasteiger partial charge in [-0.2, -0.15) is 9.29 Å². The van der Waals surface area contributed by atoms with Crippen molar-refractivity contribution in [3.63, 3.8) is 0 Å². The lowest BCUT2D eigenvalue weighted by Crippen LogP contribution is -2.46. The van der Waals surface area contributed by atoms with Gasteiger partial charge in [-0.05, 0) is 25.7 Å². The van der Waals surface area contributed by atoms with E-state index in [9.17, 15) is 53.1 Å². The number of nitrogen functional groups attached to an aromatic ring is 3. The van der Waals surface area contributed by atoms with Crippen LogP contribution in [0.2, 0.25) is 0 Å². The molecule has 9 heterocycles. The molecule has 43 heteroatoms. The Morgan fingerprint density at radius 1 is 0.722 bits per heavy atom. The molecule has 0 radical (unpaired) electrons. The molecular formula is C36H52N15O23P4S+. The zero-order chi connectivity index (χ0) is 57.3. The average molecular weight is 1220 g/mol. The maximum atomic E-state index is 14.0. The van der Waals surface area contributed by atoms with Gasteiger partial charge in [0, 0.05) is 14.2 Å². The molecule has 3 aliphatic heterocycles. The van der Waals surface area contributed by atoms with E-state index >= 15 is 0 Å². The molecule has 38 nitrogen and oxygen atoms in total. The minimum absolute atomic E-state index is 0.00575. The van der Waals surface area contributed by atoms with Crippen LogP contribution in [-0.4, -0.2) is 178 Å². The fraction of sp³-hybridized carbons (Fsp3) is 0.583. The number of phosphoric acid groups is 3. The van der Waals surface area contributed by atoms with E-state index in [-0.39, 0.29) is 51.2 Å². The molecule has 7 unspecified atom stereocenters. The normalized spacial score (nSPS) is 29.6. The highest BCUT2D eigenvalue weighted by molar-refractivity contribution is 8.08. The molecule has 0 bridgehead atoms. The molecule has 0 amide bonds. The van der Waals surface area contributed by atoms with Crippen molar-refractivity contribution in [3.05, 3.63) is 46.0 Å². The van der Waals surface area contributed by atoms with Gasteiger partial charge in [-0.25, -0.2) is 42.5 Å². The van der Waals surface area contributed by atoms with E-state index in [0.717, 1.165) is 19.8 Å². The third-order valence-corrected chi connectivity index (χ3v) is 18.4. The number of fused-ring (bicyclic) bond motifs is 3. The number of aliphatic hydroxyl groups is 2. The van der Waals surface area contributed by atoms with Crippen LogP contribution in [0.15, 0.2) is 34.9 Å². The predicted octanol–water partition coefficient (Wildman–Crippen LogP) is -2.51. The van der Waals surface area contributed by atoms with E-state index in [1.807, 2.05) is 0 Å². The molecule has 79 heavy (non-hydrogen) atoms. The minimum atomic E-state index is -5.97. The molecule has 9 rings (SSSR count). The Hall–Kier alpha value is -4.73. The number of H-pyrrole nitrogens is 2. The predicted molar refractivity (Wildman–Crippen MR) is 264 cm³/mol. The monoisotopic (exact) mass is 1220 g/mol. The zero-order valence-electron chi connectivity index (χ0n) is 41.5. The lowest BCUT2D eigenvalue weighted by atomic mass is 10.1. The SMILES string of the molecule is COC1[C@@H](OP(=O)(O)OC[C@H]2O[C@@H](n3cnc4c(=O)[nH]c(N)nc43)C(O)[C@H]2OC(C)C)[C@@H](COP(=O)(O)OP(=O)(O)OP(O)(=S)OC[C@H]2O[C@@H]([n+]3cn(C)c4c(=O)[nH]c(N)nc43)C(O)[C@H]2OC)O[C@H]1n1cnc2c(N)ncnc21. The van der Waals surface area contributed by atoms with Crippen LogP contribution in [0.3, 0.4) is 0 Å². The van der Waals surface area contributed by atoms with E-state index < -0.39 is 141 Å². The number of rotatable bonds is 22. The first kappa shape index (κ1) is 58.9. The van der Waals surface area contributed by atoms with Crippen LogP contribution in [0.1, 0.15) is 32.5 Å². The maximum absolute atomic E-state index is 14.0. The first-order valence-corrected chi connectivity index (χ1v) is 30.0. The quantitative estimate of drug-likeness (QED) is 0.0247. The summed E-state index contributed by atoms with van der Waals surface area (Å²) in [6.45, 7) is -4.49. The number of imidazole rings is 3. The molecule has 0 aromatic carbocycles. The number of hydrogen-bond donors (Lipinski definition) is 11. The van der Waals surface area contributed by atoms with Gasteiger partial charge in [0.2, 0.25) is 17.7 Å². The maximum Gasteiger partial charge on any atom is 0.488 e. The Morgan fingerprint density at radius 2 is 1.32 bits per heavy atom. The van der Waals surface area contributed by atoms with Crippen LogP contribution < -0.4 is 32.9 Å². The van der Waals surface area contributed by atoms with E-state index in [1.54, 1.807) is 13.8 Å². The molecule has 0 saturated carbocycles. The second-order valence-electron chi connectivity index (χ2n) is 17.8. The van der Waals surface area contributed by atoms with Gasteiger partial charge in [-0.15, -0.1) is 0 Å². The van der Waals surface area contributed by atoms with Crippen molar-refractivity contribution in [2.75, 3.05) is 51.2 Å². The van der Waals surface area contributed by atoms with Gasteiger partial charge in [0.25, 0.3) is 17.1 Å². The molecule has 3 saturated heterocycles. The molecular weight excluding hydrogens is 1170 g/mol. The zero-order valence-corrected chi connectivity index (χ0v) is 45.9. The summed E-state index contributed by atoms with van der Waals surface area (Å²) in [5, 5.41) is 22.6. The molecule has 6 aromatic rings. The van der Waals surface area contributed by atoms with Gasteiger partial charge in [0.05, 0.1) is 45.6 Å². The average Bonchev–Trinajstić information content (AvgIpc) is 4.40. The van der Waals surface area contributed by atoms with Crippen LogP contribution in [0.5, 0.6) is 0 Å². The lowest BCUT2D eigenvalue weighted by Gasteiger charge is -2.27. The fourth-order valence-corrected chi connectivity index (χ4v) is 14.5. The standard InChI is InChI=1S/C36H51N15O23P4S/c1-13(2)68-23-15(70-32(21(23)53)50-11-43-18-28(50)44-35(38)46-30(18)54)6-65-75(56,57)72-24-16(71-34(25(24)64-5)49-10-42-17-26(37)40-9-41-27(17)49)7-66-76(58,59)73-77(60,61)74-78(62,79)67-8-14-22(63-4)20(52)33(69-14)51-12-48(3)19-29(51)45-36(39)47-31(19)55/h9-16,20-25,32-34,52-53H,6-8H2,1-5H3,(H11-,37,38,39,40,41,44,45,46,47,54,55,56,57,58,59,60,61,62,79)/p+1/t14-,15-,16-,20?,21?,22+,23+,24+,25?,32-,33-,34-,78?/m1/s1. The van der Waals surface area contributed by atoms with Gasteiger partial charge >= 0.3 is 35.8 Å². The molecule has 6 aromatic heterocycles. The highest BCUT2D eigenvalue weighted by Gasteiger charge is 2.54. The van der Waals surface area contributed by atoms with Crippen LogP contribution in [0.25, 0.3) is 33.5 Å². The highest BCUT2D eigenvalue weighted by Crippen LogP contribution is 2.68. The van der Waals surface area contributed by atoms with Crippen LogP contribution in [0.4, 0.5) is 17.7 Å². The summed E-state index contributed by atoms with van der Waals surface area (Å²) in [6, 6.07) is 0. The Balaban J connectivity index is 0.882. The van der Waals surface area contributed by atoms with Gasteiger partial charge < -0.3 is 79.9 Å². The van der Waals surface area contributed by atoms with Crippen molar-refractivity contribution >= 4 is 93.2 Å². The number of ether oxygens (including phenoxy) is 6. The second kappa shape index (κ2) is 22.6. The third kappa shape index (κ3) is 12.3.